The fraction of sp³-hybridized carbons (Fsp3) is 1.00. The molecule has 0 aromatic heterocycles. The highest BCUT2D eigenvalue weighted by Crippen LogP contribution is 2.23. The number of sulfonamides is 1. The first kappa shape index (κ1) is 15.2. The molecule has 0 amide bonds. The van der Waals surface area contributed by atoms with E-state index in [0.717, 1.165) is 52.0 Å². The summed E-state index contributed by atoms with van der Waals surface area (Å²) < 4.78 is 26.3. The molecule has 0 aromatic carbocycles. The highest BCUT2D eigenvalue weighted by atomic mass is 32.2. The molecule has 0 spiro atoms. The molecule has 0 aliphatic carbocycles. The van der Waals surface area contributed by atoms with Gasteiger partial charge in [0.05, 0.1) is 5.75 Å². The highest BCUT2D eigenvalue weighted by Gasteiger charge is 2.35. The van der Waals surface area contributed by atoms with Crippen LogP contribution in [-0.4, -0.2) is 68.7 Å². The van der Waals surface area contributed by atoms with Crippen LogP contribution in [0, 0.1) is 0 Å². The molecule has 0 aromatic rings. The molecule has 6 heteroatoms. The average molecular weight is 289 g/mol. The van der Waals surface area contributed by atoms with Crippen LogP contribution in [0.1, 0.15) is 32.6 Å². The van der Waals surface area contributed by atoms with Crippen molar-refractivity contribution in [2.75, 3.05) is 45.0 Å². The Morgan fingerprint density at radius 3 is 2.84 bits per heavy atom. The maximum atomic E-state index is 12.3. The standard InChI is InChI=1S/C13H27N3O2S/c1-2-14-7-3-4-11-19(17,18)16-10-9-15-8-5-6-13(15)12-16/h13-14H,2-12H2,1H3. The number of hydrogen-bond acceptors (Lipinski definition) is 4. The third kappa shape index (κ3) is 4.15. The maximum Gasteiger partial charge on any atom is 0.214 e. The van der Waals surface area contributed by atoms with E-state index in [2.05, 4.69) is 17.1 Å². The monoisotopic (exact) mass is 289 g/mol. The van der Waals surface area contributed by atoms with Crippen molar-refractivity contribution >= 4 is 10.0 Å². The predicted molar refractivity (Wildman–Crippen MR) is 77.7 cm³/mol. The minimum absolute atomic E-state index is 0.311. The van der Waals surface area contributed by atoms with Crippen molar-refractivity contribution in [1.29, 1.82) is 0 Å². The molecule has 2 aliphatic rings. The largest absolute Gasteiger partial charge is 0.317 e. The molecular formula is C13H27N3O2S. The van der Waals surface area contributed by atoms with E-state index in [-0.39, 0.29) is 0 Å². The van der Waals surface area contributed by atoms with Crippen LogP contribution in [0.2, 0.25) is 0 Å². The SMILES string of the molecule is CCNCCCCS(=O)(=O)N1CCN2CCCC2C1. The van der Waals surface area contributed by atoms with Crippen LogP contribution in [0.5, 0.6) is 0 Å². The van der Waals surface area contributed by atoms with Crippen LogP contribution in [0.4, 0.5) is 0 Å². The van der Waals surface area contributed by atoms with Gasteiger partial charge >= 0.3 is 0 Å². The first-order valence-electron chi connectivity index (χ1n) is 7.56. The Morgan fingerprint density at radius 1 is 1.21 bits per heavy atom. The van der Waals surface area contributed by atoms with Gasteiger partial charge in [-0.3, -0.25) is 4.90 Å². The van der Waals surface area contributed by atoms with Crippen LogP contribution >= 0.6 is 0 Å². The second kappa shape index (κ2) is 7.02. The average Bonchev–Trinajstić information content (AvgIpc) is 2.85. The summed E-state index contributed by atoms with van der Waals surface area (Å²) in [6.45, 7) is 7.42. The Bertz CT molecular complexity index is 372. The molecule has 1 N–H and O–H groups in total. The molecule has 2 fully saturated rings. The molecule has 2 aliphatic heterocycles. The zero-order valence-corrected chi connectivity index (χ0v) is 12.8. The fourth-order valence-corrected chi connectivity index (χ4v) is 4.64. The molecule has 2 rings (SSSR count). The molecule has 1 atom stereocenters. The van der Waals surface area contributed by atoms with Crippen molar-refractivity contribution in [3.05, 3.63) is 0 Å². The number of unbranched alkanes of at least 4 members (excludes halogenated alkanes) is 1. The van der Waals surface area contributed by atoms with Gasteiger partial charge in [0.25, 0.3) is 0 Å². The van der Waals surface area contributed by atoms with E-state index >= 15 is 0 Å². The summed E-state index contributed by atoms with van der Waals surface area (Å²) in [4.78, 5) is 2.44. The number of rotatable bonds is 7. The summed E-state index contributed by atoms with van der Waals surface area (Å²) in [5, 5.41) is 3.23. The van der Waals surface area contributed by atoms with Gasteiger partial charge in [-0.25, -0.2) is 8.42 Å². The summed E-state index contributed by atoms with van der Waals surface area (Å²) in [5.41, 5.74) is 0. The molecule has 0 bridgehead atoms. The second-order valence-corrected chi connectivity index (χ2v) is 7.66. The van der Waals surface area contributed by atoms with Gasteiger partial charge in [0.2, 0.25) is 10.0 Å². The normalized spacial score (nSPS) is 25.6. The van der Waals surface area contributed by atoms with E-state index in [1.165, 1.54) is 6.42 Å². The van der Waals surface area contributed by atoms with E-state index in [0.29, 0.717) is 18.3 Å². The number of fused-ring (bicyclic) bond motifs is 1. The Labute approximate surface area is 117 Å². The summed E-state index contributed by atoms with van der Waals surface area (Å²) in [5.74, 6) is 0.311. The van der Waals surface area contributed by atoms with Crippen molar-refractivity contribution in [1.82, 2.24) is 14.5 Å². The zero-order valence-electron chi connectivity index (χ0n) is 12.0. The lowest BCUT2D eigenvalue weighted by atomic mass is 10.2. The number of hydrogen-bond donors (Lipinski definition) is 1. The topological polar surface area (TPSA) is 52.7 Å². The van der Waals surface area contributed by atoms with Gasteiger partial charge in [0, 0.05) is 25.7 Å². The Kier molecular flexibility index (Phi) is 5.62. The Balaban J connectivity index is 1.76. The van der Waals surface area contributed by atoms with Gasteiger partial charge in [-0.15, -0.1) is 0 Å². The van der Waals surface area contributed by atoms with Gasteiger partial charge < -0.3 is 5.32 Å². The molecule has 5 nitrogen and oxygen atoms in total. The molecule has 0 radical (unpaired) electrons. The summed E-state index contributed by atoms with van der Waals surface area (Å²) in [7, 11) is -3.03. The molecule has 1 unspecified atom stereocenters. The van der Waals surface area contributed by atoms with Crippen molar-refractivity contribution in [3.63, 3.8) is 0 Å². The van der Waals surface area contributed by atoms with E-state index in [1.54, 1.807) is 4.31 Å². The van der Waals surface area contributed by atoms with E-state index in [9.17, 15) is 8.42 Å². The van der Waals surface area contributed by atoms with Gasteiger partial charge in [0.15, 0.2) is 0 Å². The van der Waals surface area contributed by atoms with Crippen molar-refractivity contribution in [2.45, 2.75) is 38.6 Å². The molecule has 2 heterocycles. The summed E-state index contributed by atoms with van der Waals surface area (Å²) in [6.07, 6.45) is 4.09. The van der Waals surface area contributed by atoms with Gasteiger partial charge in [-0.1, -0.05) is 6.92 Å². The summed E-state index contributed by atoms with van der Waals surface area (Å²) in [6, 6.07) is 0.477. The van der Waals surface area contributed by atoms with E-state index in [4.69, 9.17) is 0 Å². The lowest BCUT2D eigenvalue weighted by Crippen LogP contribution is -2.52. The van der Waals surface area contributed by atoms with Crippen molar-refractivity contribution < 1.29 is 8.42 Å². The lowest BCUT2D eigenvalue weighted by molar-refractivity contribution is 0.158. The van der Waals surface area contributed by atoms with Crippen LogP contribution in [0.3, 0.4) is 0 Å². The van der Waals surface area contributed by atoms with E-state index in [1.807, 2.05) is 0 Å². The first-order valence-corrected chi connectivity index (χ1v) is 9.17. The third-order valence-corrected chi connectivity index (χ3v) is 6.12. The molecule has 2 saturated heterocycles. The molecule has 112 valence electrons. The fourth-order valence-electron chi connectivity index (χ4n) is 3.06. The van der Waals surface area contributed by atoms with Crippen molar-refractivity contribution in [2.24, 2.45) is 0 Å². The number of nitrogens with zero attached hydrogens (tertiary/aromatic N) is 2. The quantitative estimate of drug-likeness (QED) is 0.693. The third-order valence-electron chi connectivity index (χ3n) is 4.20. The maximum absolute atomic E-state index is 12.3. The van der Waals surface area contributed by atoms with Crippen LogP contribution in [-0.2, 0) is 10.0 Å². The number of nitrogens with one attached hydrogen (secondary N) is 1. The Morgan fingerprint density at radius 2 is 2.05 bits per heavy atom. The van der Waals surface area contributed by atoms with Crippen LogP contribution in [0.25, 0.3) is 0 Å². The molecule has 19 heavy (non-hydrogen) atoms. The van der Waals surface area contributed by atoms with Gasteiger partial charge in [-0.2, -0.15) is 4.31 Å². The van der Waals surface area contributed by atoms with Crippen LogP contribution < -0.4 is 5.32 Å². The minimum Gasteiger partial charge on any atom is -0.317 e. The van der Waals surface area contributed by atoms with Gasteiger partial charge in [0.1, 0.15) is 0 Å². The lowest BCUT2D eigenvalue weighted by Gasteiger charge is -2.36. The zero-order chi connectivity index (χ0) is 13.7. The van der Waals surface area contributed by atoms with Crippen molar-refractivity contribution in [3.8, 4) is 0 Å². The molecule has 0 saturated carbocycles. The molecular weight excluding hydrogens is 262 g/mol. The second-order valence-electron chi connectivity index (χ2n) is 5.57. The smallest absolute Gasteiger partial charge is 0.214 e. The van der Waals surface area contributed by atoms with Gasteiger partial charge in [-0.05, 0) is 45.3 Å². The predicted octanol–water partition coefficient (Wildman–Crippen LogP) is 0.486. The van der Waals surface area contributed by atoms with Crippen LogP contribution in [0.15, 0.2) is 0 Å². The first-order chi connectivity index (χ1) is 9.13. The van der Waals surface area contributed by atoms with E-state index < -0.39 is 10.0 Å². The Hall–Kier alpha value is -0.170. The number of piperazine rings is 1. The highest BCUT2D eigenvalue weighted by molar-refractivity contribution is 7.89. The summed E-state index contributed by atoms with van der Waals surface area (Å²) >= 11 is 0. The minimum atomic E-state index is -3.03.